The molecule has 4 nitrogen and oxygen atoms in total. The molecule has 2 fully saturated rings. The maximum absolute atomic E-state index is 12.5. The minimum Gasteiger partial charge on any atom is -0.356 e. The monoisotopic (exact) mass is 362 g/mol. The van der Waals surface area contributed by atoms with Gasteiger partial charge < -0.3 is 10.2 Å². The number of amides is 2. The van der Waals surface area contributed by atoms with Crippen LogP contribution in [0.15, 0.2) is 17.5 Å². The van der Waals surface area contributed by atoms with E-state index in [2.05, 4.69) is 5.32 Å². The molecule has 0 atom stereocenters. The number of hydrogen-bond donors (Lipinski definition) is 1. The van der Waals surface area contributed by atoms with Gasteiger partial charge in [-0.2, -0.15) is 0 Å². The fraction of sp³-hybridized carbons (Fsp3) is 0.700. The minimum absolute atomic E-state index is 0.0703. The van der Waals surface area contributed by atoms with Crippen molar-refractivity contribution in [1.82, 2.24) is 10.2 Å². The lowest BCUT2D eigenvalue weighted by molar-refractivity contribution is -0.126. The molecule has 138 valence electrons. The topological polar surface area (TPSA) is 49.4 Å². The van der Waals surface area contributed by atoms with Gasteiger partial charge in [-0.1, -0.05) is 38.2 Å². The van der Waals surface area contributed by atoms with Crippen LogP contribution in [0.25, 0.3) is 0 Å². The van der Waals surface area contributed by atoms with Crippen molar-refractivity contribution in [2.45, 2.75) is 57.8 Å². The van der Waals surface area contributed by atoms with E-state index < -0.39 is 0 Å². The smallest absolute Gasteiger partial charge is 0.263 e. The highest BCUT2D eigenvalue weighted by Crippen LogP contribution is 2.23. The maximum Gasteiger partial charge on any atom is 0.263 e. The Bertz CT molecular complexity index is 542. The summed E-state index contributed by atoms with van der Waals surface area (Å²) < 4.78 is 0. The standard InChI is InChI=1S/C20H30N2O2S/c23-19(21-15-16-7-4-2-1-3-5-8-16)17-10-12-22(13-11-17)20(24)18-9-6-14-25-18/h6,9,14,16-17H,1-5,7-8,10-13,15H2,(H,21,23). The molecule has 5 heteroatoms. The molecule has 1 aliphatic carbocycles. The van der Waals surface area contributed by atoms with Crippen LogP contribution in [0, 0.1) is 11.8 Å². The van der Waals surface area contributed by atoms with E-state index in [-0.39, 0.29) is 17.7 Å². The average molecular weight is 363 g/mol. The van der Waals surface area contributed by atoms with Gasteiger partial charge in [0.2, 0.25) is 5.91 Å². The fourth-order valence-electron chi connectivity index (χ4n) is 4.03. The molecule has 2 heterocycles. The van der Waals surface area contributed by atoms with Crippen LogP contribution in [-0.2, 0) is 4.79 Å². The Labute approximate surface area is 155 Å². The number of hydrogen-bond acceptors (Lipinski definition) is 3. The Morgan fingerprint density at radius 3 is 2.36 bits per heavy atom. The first-order chi connectivity index (χ1) is 12.2. The minimum atomic E-state index is 0.0703. The lowest BCUT2D eigenvalue weighted by Crippen LogP contribution is -2.43. The van der Waals surface area contributed by atoms with Crippen molar-refractivity contribution in [3.05, 3.63) is 22.4 Å². The van der Waals surface area contributed by atoms with Gasteiger partial charge in [-0.05, 0) is 43.0 Å². The largest absolute Gasteiger partial charge is 0.356 e. The number of piperidine rings is 1. The van der Waals surface area contributed by atoms with Gasteiger partial charge in [0.05, 0.1) is 4.88 Å². The molecule has 0 unspecified atom stereocenters. The first-order valence-corrected chi connectivity index (χ1v) is 10.7. The van der Waals surface area contributed by atoms with Gasteiger partial charge in [0.25, 0.3) is 5.91 Å². The first-order valence-electron chi connectivity index (χ1n) is 9.84. The van der Waals surface area contributed by atoms with Crippen LogP contribution in [0.5, 0.6) is 0 Å². The van der Waals surface area contributed by atoms with E-state index in [1.54, 1.807) is 0 Å². The van der Waals surface area contributed by atoms with Gasteiger partial charge in [0.1, 0.15) is 0 Å². The number of carbonyl (C=O) groups is 2. The third kappa shape index (κ3) is 5.30. The highest BCUT2D eigenvalue weighted by molar-refractivity contribution is 7.12. The molecule has 0 spiro atoms. The van der Waals surface area contributed by atoms with Gasteiger partial charge >= 0.3 is 0 Å². The van der Waals surface area contributed by atoms with Gasteiger partial charge in [-0.15, -0.1) is 11.3 Å². The number of thiophene rings is 1. The van der Waals surface area contributed by atoms with Crippen LogP contribution in [0.2, 0.25) is 0 Å². The van der Waals surface area contributed by atoms with Crippen LogP contribution in [-0.4, -0.2) is 36.3 Å². The Morgan fingerprint density at radius 2 is 1.72 bits per heavy atom. The molecule has 1 aromatic rings. The van der Waals surface area contributed by atoms with Gasteiger partial charge in [0.15, 0.2) is 0 Å². The molecule has 2 aliphatic rings. The number of nitrogens with one attached hydrogen (secondary N) is 1. The van der Waals surface area contributed by atoms with Crippen molar-refractivity contribution in [3.63, 3.8) is 0 Å². The molecule has 3 rings (SSSR count). The molecule has 1 aliphatic heterocycles. The predicted molar refractivity (Wildman–Crippen MR) is 102 cm³/mol. The van der Waals surface area contributed by atoms with E-state index in [1.165, 1.54) is 56.3 Å². The molecule has 1 saturated heterocycles. The Morgan fingerprint density at radius 1 is 1.04 bits per heavy atom. The molecule has 1 saturated carbocycles. The van der Waals surface area contributed by atoms with Crippen molar-refractivity contribution in [2.24, 2.45) is 11.8 Å². The van der Waals surface area contributed by atoms with Crippen LogP contribution in [0.1, 0.15) is 67.5 Å². The lowest BCUT2D eigenvalue weighted by atomic mass is 9.90. The number of carbonyl (C=O) groups excluding carboxylic acids is 2. The summed E-state index contributed by atoms with van der Waals surface area (Å²) in [6.07, 6.45) is 10.8. The number of rotatable bonds is 4. The van der Waals surface area contributed by atoms with E-state index in [1.807, 2.05) is 22.4 Å². The number of likely N-dealkylation sites (tertiary alicyclic amines) is 1. The van der Waals surface area contributed by atoms with Crippen LogP contribution >= 0.6 is 11.3 Å². The Hall–Kier alpha value is -1.36. The zero-order chi connectivity index (χ0) is 17.5. The quantitative estimate of drug-likeness (QED) is 0.877. The first kappa shape index (κ1) is 18.4. The zero-order valence-corrected chi connectivity index (χ0v) is 15.9. The summed E-state index contributed by atoms with van der Waals surface area (Å²) in [6.45, 7) is 2.23. The third-order valence-electron chi connectivity index (χ3n) is 5.67. The summed E-state index contributed by atoms with van der Waals surface area (Å²) in [7, 11) is 0. The zero-order valence-electron chi connectivity index (χ0n) is 15.0. The average Bonchev–Trinajstić information content (AvgIpc) is 3.15. The summed E-state index contributed by atoms with van der Waals surface area (Å²) in [5, 5.41) is 5.13. The van der Waals surface area contributed by atoms with E-state index >= 15 is 0 Å². The Kier molecular flexibility index (Phi) is 6.91. The SMILES string of the molecule is O=C(NCC1CCCCCCC1)C1CCN(C(=O)c2cccs2)CC1. The van der Waals surface area contributed by atoms with E-state index in [9.17, 15) is 9.59 Å². The van der Waals surface area contributed by atoms with E-state index in [0.717, 1.165) is 24.3 Å². The van der Waals surface area contributed by atoms with Crippen molar-refractivity contribution in [2.75, 3.05) is 19.6 Å². The highest BCUT2D eigenvalue weighted by Gasteiger charge is 2.28. The highest BCUT2D eigenvalue weighted by atomic mass is 32.1. The molecular formula is C20H30N2O2S. The molecule has 1 N–H and O–H groups in total. The third-order valence-corrected chi connectivity index (χ3v) is 6.53. The van der Waals surface area contributed by atoms with Gasteiger partial charge in [0, 0.05) is 25.6 Å². The fourth-order valence-corrected chi connectivity index (χ4v) is 4.73. The van der Waals surface area contributed by atoms with Gasteiger partial charge in [-0.25, -0.2) is 0 Å². The van der Waals surface area contributed by atoms with Crippen LogP contribution in [0.4, 0.5) is 0 Å². The summed E-state index contributed by atoms with van der Waals surface area (Å²) in [6, 6.07) is 3.79. The molecule has 2 amide bonds. The molecule has 0 radical (unpaired) electrons. The second kappa shape index (κ2) is 9.37. The summed E-state index contributed by atoms with van der Waals surface area (Å²) in [4.78, 5) is 27.5. The van der Waals surface area contributed by atoms with Crippen LogP contribution in [0.3, 0.4) is 0 Å². The second-order valence-electron chi connectivity index (χ2n) is 7.50. The normalized spacial score (nSPS) is 20.7. The Balaban J connectivity index is 1.40. The molecule has 25 heavy (non-hydrogen) atoms. The van der Waals surface area contributed by atoms with Gasteiger partial charge in [-0.3, -0.25) is 9.59 Å². The van der Waals surface area contributed by atoms with Crippen molar-refractivity contribution < 1.29 is 9.59 Å². The molecule has 1 aromatic heterocycles. The van der Waals surface area contributed by atoms with Crippen LogP contribution < -0.4 is 5.32 Å². The second-order valence-corrected chi connectivity index (χ2v) is 8.45. The van der Waals surface area contributed by atoms with Crippen molar-refractivity contribution in [3.8, 4) is 0 Å². The molecule has 0 bridgehead atoms. The van der Waals surface area contributed by atoms with E-state index in [4.69, 9.17) is 0 Å². The molecule has 0 aromatic carbocycles. The summed E-state index contributed by atoms with van der Waals surface area (Å²) in [5.74, 6) is 1.04. The van der Waals surface area contributed by atoms with Crippen molar-refractivity contribution in [1.29, 1.82) is 0 Å². The summed E-state index contributed by atoms with van der Waals surface area (Å²) in [5.41, 5.74) is 0. The van der Waals surface area contributed by atoms with Crippen molar-refractivity contribution >= 4 is 23.2 Å². The lowest BCUT2D eigenvalue weighted by Gasteiger charge is -2.31. The number of nitrogens with zero attached hydrogens (tertiary/aromatic N) is 1. The predicted octanol–water partition coefficient (Wildman–Crippen LogP) is 4.08. The molecular weight excluding hydrogens is 332 g/mol. The summed E-state index contributed by atoms with van der Waals surface area (Å²) >= 11 is 1.49. The maximum atomic E-state index is 12.5. The van der Waals surface area contributed by atoms with E-state index in [0.29, 0.717) is 19.0 Å².